The van der Waals surface area contributed by atoms with Crippen LogP contribution in [-0.2, 0) is 14.3 Å². The second-order valence-corrected chi connectivity index (χ2v) is 4.17. The zero-order chi connectivity index (χ0) is 11.5. The first kappa shape index (κ1) is 11.1. The fraction of sp³-hybridized carbons (Fsp3) is 0.538. The van der Waals surface area contributed by atoms with Crippen LogP contribution in [0.5, 0.6) is 0 Å². The zero-order valence-corrected chi connectivity index (χ0v) is 9.49. The van der Waals surface area contributed by atoms with E-state index in [1.165, 1.54) is 5.57 Å². The van der Waals surface area contributed by atoms with Gasteiger partial charge in [-0.1, -0.05) is 17.7 Å². The summed E-state index contributed by atoms with van der Waals surface area (Å²) in [6.07, 6.45) is 7.32. The summed E-state index contributed by atoms with van der Waals surface area (Å²) in [5, 5.41) is 0. The molecular formula is C13H16O3. The lowest BCUT2D eigenvalue weighted by Gasteiger charge is -2.25. The minimum Gasteiger partial charge on any atom is -0.465 e. The maximum Gasteiger partial charge on any atom is 0.316 e. The predicted octanol–water partition coefficient (Wildman–Crippen LogP) is 2.18. The van der Waals surface area contributed by atoms with Crippen LogP contribution in [0.4, 0.5) is 0 Å². The fourth-order valence-corrected chi connectivity index (χ4v) is 2.33. The van der Waals surface area contributed by atoms with Gasteiger partial charge >= 0.3 is 5.97 Å². The molecule has 1 atom stereocenters. The van der Waals surface area contributed by atoms with Crippen LogP contribution in [0.1, 0.15) is 32.6 Å². The third-order valence-electron chi connectivity index (χ3n) is 3.17. The molecule has 2 aliphatic carbocycles. The van der Waals surface area contributed by atoms with Gasteiger partial charge in [0.1, 0.15) is 5.92 Å². The molecule has 0 aliphatic heterocycles. The fourth-order valence-electron chi connectivity index (χ4n) is 2.33. The van der Waals surface area contributed by atoms with Crippen molar-refractivity contribution >= 4 is 11.8 Å². The molecule has 3 nitrogen and oxygen atoms in total. The van der Waals surface area contributed by atoms with Gasteiger partial charge in [-0.05, 0) is 32.6 Å². The summed E-state index contributed by atoms with van der Waals surface area (Å²) >= 11 is 0. The number of hydrogen-bond donors (Lipinski definition) is 0. The summed E-state index contributed by atoms with van der Waals surface area (Å²) in [6, 6.07) is 0. The van der Waals surface area contributed by atoms with E-state index in [2.05, 4.69) is 0 Å². The standard InChI is InChI=1S/C13H16O3/c1-2-16-13(15)11-8-7-9-5-3-4-6-10(9)12(11)14/h4,6,11H,2-3,5,7-8H2,1H3. The molecule has 0 aromatic rings. The SMILES string of the molecule is CCOC(=O)C1CCC2=C(C=CCC2)C1=O. The third kappa shape index (κ3) is 1.94. The average molecular weight is 220 g/mol. The molecule has 0 fully saturated rings. The van der Waals surface area contributed by atoms with E-state index >= 15 is 0 Å². The molecule has 1 unspecified atom stereocenters. The van der Waals surface area contributed by atoms with Crippen LogP contribution in [0, 0.1) is 5.92 Å². The van der Waals surface area contributed by atoms with Crippen molar-refractivity contribution in [3.8, 4) is 0 Å². The summed E-state index contributed by atoms with van der Waals surface area (Å²) in [6.45, 7) is 2.10. The van der Waals surface area contributed by atoms with Crippen molar-refractivity contribution in [2.75, 3.05) is 6.61 Å². The van der Waals surface area contributed by atoms with Crippen LogP contribution in [0.3, 0.4) is 0 Å². The maximum atomic E-state index is 12.1. The Morgan fingerprint density at radius 2 is 2.31 bits per heavy atom. The monoisotopic (exact) mass is 220 g/mol. The Bertz CT molecular complexity index is 377. The summed E-state index contributed by atoms with van der Waals surface area (Å²) in [7, 11) is 0. The number of hydrogen-bond acceptors (Lipinski definition) is 3. The Morgan fingerprint density at radius 3 is 3.06 bits per heavy atom. The van der Waals surface area contributed by atoms with Crippen LogP contribution < -0.4 is 0 Å². The Labute approximate surface area is 95.2 Å². The summed E-state index contributed by atoms with van der Waals surface area (Å²) in [5.41, 5.74) is 1.98. The predicted molar refractivity (Wildman–Crippen MR) is 59.8 cm³/mol. The Hall–Kier alpha value is -1.38. The van der Waals surface area contributed by atoms with Crippen LogP contribution in [-0.4, -0.2) is 18.4 Å². The van der Waals surface area contributed by atoms with Gasteiger partial charge < -0.3 is 4.74 Å². The molecule has 0 aromatic heterocycles. The summed E-state index contributed by atoms with van der Waals surface area (Å²) in [4.78, 5) is 23.7. The molecule has 16 heavy (non-hydrogen) atoms. The number of Topliss-reactive ketones (excluding diaryl/α,β-unsaturated/α-hetero) is 1. The highest BCUT2D eigenvalue weighted by molar-refractivity contribution is 6.11. The van der Waals surface area contributed by atoms with Crippen LogP contribution in [0.25, 0.3) is 0 Å². The summed E-state index contributed by atoms with van der Waals surface area (Å²) < 4.78 is 4.93. The van der Waals surface area contributed by atoms with Gasteiger partial charge in [-0.25, -0.2) is 0 Å². The highest BCUT2D eigenvalue weighted by Gasteiger charge is 2.34. The Balaban J connectivity index is 2.17. The minimum atomic E-state index is -0.568. The number of rotatable bonds is 2. The van der Waals surface area contributed by atoms with Crippen molar-refractivity contribution in [2.24, 2.45) is 5.92 Å². The molecule has 0 N–H and O–H groups in total. The smallest absolute Gasteiger partial charge is 0.316 e. The van der Waals surface area contributed by atoms with E-state index in [9.17, 15) is 9.59 Å². The molecule has 0 radical (unpaired) electrons. The lowest BCUT2D eigenvalue weighted by atomic mass is 9.79. The highest BCUT2D eigenvalue weighted by atomic mass is 16.5. The molecule has 0 amide bonds. The van der Waals surface area contributed by atoms with Crippen molar-refractivity contribution in [2.45, 2.75) is 32.6 Å². The van der Waals surface area contributed by atoms with Gasteiger partial charge in [0.15, 0.2) is 5.78 Å². The van der Waals surface area contributed by atoms with Crippen molar-refractivity contribution in [1.82, 2.24) is 0 Å². The van der Waals surface area contributed by atoms with Gasteiger partial charge in [-0.2, -0.15) is 0 Å². The van der Waals surface area contributed by atoms with E-state index in [1.807, 2.05) is 12.2 Å². The van der Waals surface area contributed by atoms with Crippen molar-refractivity contribution in [3.63, 3.8) is 0 Å². The topological polar surface area (TPSA) is 43.4 Å². The molecule has 0 saturated carbocycles. The maximum absolute atomic E-state index is 12.1. The number of ether oxygens (including phenoxy) is 1. The molecule has 0 saturated heterocycles. The van der Waals surface area contributed by atoms with E-state index < -0.39 is 5.92 Å². The van der Waals surface area contributed by atoms with Gasteiger partial charge in [0, 0.05) is 5.57 Å². The molecule has 0 heterocycles. The molecule has 0 spiro atoms. The van der Waals surface area contributed by atoms with Gasteiger partial charge in [-0.3, -0.25) is 9.59 Å². The molecule has 86 valence electrons. The Morgan fingerprint density at radius 1 is 1.50 bits per heavy atom. The quantitative estimate of drug-likeness (QED) is 0.529. The molecular weight excluding hydrogens is 204 g/mol. The van der Waals surface area contributed by atoms with E-state index in [4.69, 9.17) is 4.74 Å². The van der Waals surface area contributed by atoms with E-state index in [0.717, 1.165) is 24.8 Å². The van der Waals surface area contributed by atoms with Gasteiger partial charge in [0.2, 0.25) is 0 Å². The minimum absolute atomic E-state index is 0.0457. The largest absolute Gasteiger partial charge is 0.465 e. The molecule has 2 aliphatic rings. The van der Waals surface area contributed by atoms with Crippen molar-refractivity contribution in [1.29, 1.82) is 0 Å². The number of esters is 1. The summed E-state index contributed by atoms with van der Waals surface area (Å²) in [5.74, 6) is -0.977. The Kier molecular flexibility index (Phi) is 3.22. The third-order valence-corrected chi connectivity index (χ3v) is 3.17. The average Bonchev–Trinajstić information content (AvgIpc) is 2.30. The van der Waals surface area contributed by atoms with Gasteiger partial charge in [-0.15, -0.1) is 0 Å². The van der Waals surface area contributed by atoms with E-state index in [1.54, 1.807) is 6.92 Å². The van der Waals surface area contributed by atoms with Crippen LogP contribution >= 0.6 is 0 Å². The second-order valence-electron chi connectivity index (χ2n) is 4.17. The first-order valence-electron chi connectivity index (χ1n) is 5.83. The van der Waals surface area contributed by atoms with E-state index in [-0.39, 0.29) is 11.8 Å². The van der Waals surface area contributed by atoms with Crippen molar-refractivity contribution in [3.05, 3.63) is 23.3 Å². The molecule has 0 bridgehead atoms. The first-order valence-corrected chi connectivity index (χ1v) is 5.83. The van der Waals surface area contributed by atoms with Crippen LogP contribution in [0.2, 0.25) is 0 Å². The second kappa shape index (κ2) is 4.64. The molecule has 0 aromatic carbocycles. The number of allylic oxidation sites excluding steroid dienone is 4. The zero-order valence-electron chi connectivity index (χ0n) is 9.49. The first-order chi connectivity index (χ1) is 7.74. The molecule has 2 rings (SSSR count). The lowest BCUT2D eigenvalue weighted by molar-refractivity contribution is -0.151. The van der Waals surface area contributed by atoms with Crippen molar-refractivity contribution < 1.29 is 14.3 Å². The van der Waals surface area contributed by atoms with Gasteiger partial charge in [0.05, 0.1) is 6.61 Å². The number of ketones is 1. The number of carbonyl (C=O) groups excluding carboxylic acids is 2. The number of carbonyl (C=O) groups is 2. The van der Waals surface area contributed by atoms with Gasteiger partial charge in [0.25, 0.3) is 0 Å². The lowest BCUT2D eigenvalue weighted by Crippen LogP contribution is -2.31. The normalized spacial score (nSPS) is 24.3. The molecule has 3 heteroatoms. The van der Waals surface area contributed by atoms with E-state index in [0.29, 0.717) is 13.0 Å². The van der Waals surface area contributed by atoms with Crippen LogP contribution in [0.15, 0.2) is 23.3 Å². The highest BCUT2D eigenvalue weighted by Crippen LogP contribution is 2.33.